The smallest absolute Gasteiger partial charge is 0.245 e. The summed E-state index contributed by atoms with van der Waals surface area (Å²) < 4.78 is 9.78. The summed E-state index contributed by atoms with van der Waals surface area (Å²) in [4.78, 5) is 18.4. The largest absolute Gasteiger partial charge is 0.473 e. The molecule has 1 unspecified atom stereocenters. The van der Waals surface area contributed by atoms with E-state index in [0.29, 0.717) is 12.4 Å². The number of nitrogens with zero attached hydrogens (tertiary/aromatic N) is 6. The SMILES string of the molecule is C=CC(=O)N1CCCC(Oc2nc(-c3cnn(C)c3)cn3nccc23)CC1. The predicted octanol–water partition coefficient (Wildman–Crippen LogP) is 2.08. The van der Waals surface area contributed by atoms with Gasteiger partial charge in [0, 0.05) is 38.3 Å². The molecule has 4 rings (SSSR count). The van der Waals surface area contributed by atoms with Gasteiger partial charge in [0.15, 0.2) is 0 Å². The maximum absolute atomic E-state index is 11.9. The van der Waals surface area contributed by atoms with Crippen LogP contribution in [0.5, 0.6) is 5.88 Å². The van der Waals surface area contributed by atoms with E-state index in [4.69, 9.17) is 9.72 Å². The van der Waals surface area contributed by atoms with Gasteiger partial charge >= 0.3 is 0 Å². The normalized spacial score (nSPS) is 17.7. The summed E-state index contributed by atoms with van der Waals surface area (Å²) in [5.74, 6) is 0.535. The minimum absolute atomic E-state index is 0.00274. The number of aromatic nitrogens is 5. The van der Waals surface area contributed by atoms with Crippen LogP contribution in [0.3, 0.4) is 0 Å². The van der Waals surface area contributed by atoms with Gasteiger partial charge in [-0.25, -0.2) is 9.50 Å². The van der Waals surface area contributed by atoms with Gasteiger partial charge in [0.2, 0.25) is 11.8 Å². The number of rotatable bonds is 4. The van der Waals surface area contributed by atoms with Gasteiger partial charge in [-0.3, -0.25) is 9.48 Å². The Hall–Kier alpha value is -3.16. The van der Waals surface area contributed by atoms with Crippen LogP contribution in [0.25, 0.3) is 16.8 Å². The molecule has 0 spiro atoms. The number of hydrogen-bond acceptors (Lipinski definition) is 5. The van der Waals surface area contributed by atoms with Crippen LogP contribution in [0.15, 0.2) is 43.5 Å². The second-order valence-electron chi connectivity index (χ2n) is 6.70. The molecule has 27 heavy (non-hydrogen) atoms. The van der Waals surface area contributed by atoms with Crippen LogP contribution in [-0.2, 0) is 11.8 Å². The highest BCUT2D eigenvalue weighted by atomic mass is 16.5. The van der Waals surface area contributed by atoms with Crippen molar-refractivity contribution in [1.29, 1.82) is 0 Å². The Morgan fingerprint density at radius 2 is 2.19 bits per heavy atom. The van der Waals surface area contributed by atoms with Crippen molar-refractivity contribution in [3.05, 3.63) is 43.5 Å². The molecule has 140 valence electrons. The van der Waals surface area contributed by atoms with Crippen LogP contribution in [0.4, 0.5) is 0 Å². The van der Waals surface area contributed by atoms with Crippen molar-refractivity contribution >= 4 is 11.4 Å². The molecule has 0 aliphatic carbocycles. The highest BCUT2D eigenvalue weighted by molar-refractivity contribution is 5.87. The molecule has 1 aliphatic heterocycles. The van der Waals surface area contributed by atoms with Crippen LogP contribution in [0.1, 0.15) is 19.3 Å². The number of carbonyl (C=O) groups excluding carboxylic acids is 1. The fourth-order valence-electron chi connectivity index (χ4n) is 3.37. The van der Waals surface area contributed by atoms with E-state index < -0.39 is 0 Å². The highest BCUT2D eigenvalue weighted by Crippen LogP contribution is 2.26. The molecular weight excluding hydrogens is 344 g/mol. The Bertz CT molecular complexity index is 976. The van der Waals surface area contributed by atoms with Gasteiger partial charge in [0.05, 0.1) is 24.3 Å². The van der Waals surface area contributed by atoms with Crippen molar-refractivity contribution in [3.63, 3.8) is 0 Å². The molecule has 3 aromatic rings. The number of fused-ring (bicyclic) bond motifs is 1. The molecule has 1 saturated heterocycles. The first kappa shape index (κ1) is 17.3. The second-order valence-corrected chi connectivity index (χ2v) is 6.70. The zero-order chi connectivity index (χ0) is 18.8. The van der Waals surface area contributed by atoms with E-state index in [1.54, 1.807) is 21.6 Å². The summed E-state index contributed by atoms with van der Waals surface area (Å²) in [5, 5.41) is 8.55. The maximum atomic E-state index is 11.9. The van der Waals surface area contributed by atoms with Crippen molar-refractivity contribution < 1.29 is 9.53 Å². The summed E-state index contributed by atoms with van der Waals surface area (Å²) in [6, 6.07) is 1.89. The summed E-state index contributed by atoms with van der Waals surface area (Å²) in [6.45, 7) is 4.96. The second kappa shape index (κ2) is 7.22. The Kier molecular flexibility index (Phi) is 4.62. The Morgan fingerprint density at radius 1 is 1.30 bits per heavy atom. The van der Waals surface area contributed by atoms with Gasteiger partial charge in [0.25, 0.3) is 0 Å². The van der Waals surface area contributed by atoms with Gasteiger partial charge in [-0.2, -0.15) is 10.2 Å². The first-order chi connectivity index (χ1) is 13.1. The van der Waals surface area contributed by atoms with Crippen molar-refractivity contribution in [2.75, 3.05) is 13.1 Å². The molecule has 1 amide bonds. The number of ether oxygens (including phenoxy) is 1. The minimum Gasteiger partial charge on any atom is -0.473 e. The lowest BCUT2D eigenvalue weighted by atomic mass is 10.1. The predicted molar refractivity (Wildman–Crippen MR) is 100 cm³/mol. The number of hydrogen-bond donors (Lipinski definition) is 0. The maximum Gasteiger partial charge on any atom is 0.245 e. The Balaban J connectivity index is 1.59. The Morgan fingerprint density at radius 3 is 2.96 bits per heavy atom. The molecule has 0 N–H and O–H groups in total. The molecule has 1 fully saturated rings. The highest BCUT2D eigenvalue weighted by Gasteiger charge is 2.22. The third-order valence-corrected chi connectivity index (χ3v) is 4.80. The lowest BCUT2D eigenvalue weighted by molar-refractivity contribution is -0.126. The van der Waals surface area contributed by atoms with E-state index in [0.717, 1.165) is 42.6 Å². The summed E-state index contributed by atoms with van der Waals surface area (Å²) in [5.41, 5.74) is 2.49. The van der Waals surface area contributed by atoms with Crippen LogP contribution in [0.2, 0.25) is 0 Å². The third kappa shape index (κ3) is 3.55. The van der Waals surface area contributed by atoms with Crippen molar-refractivity contribution in [1.82, 2.24) is 29.3 Å². The lowest BCUT2D eigenvalue weighted by Crippen LogP contribution is -2.30. The quantitative estimate of drug-likeness (QED) is 0.661. The summed E-state index contributed by atoms with van der Waals surface area (Å²) >= 11 is 0. The molecule has 0 aromatic carbocycles. The van der Waals surface area contributed by atoms with Crippen molar-refractivity contribution in [2.45, 2.75) is 25.4 Å². The van der Waals surface area contributed by atoms with E-state index >= 15 is 0 Å². The van der Waals surface area contributed by atoms with Crippen molar-refractivity contribution in [3.8, 4) is 17.1 Å². The van der Waals surface area contributed by atoms with E-state index in [2.05, 4.69) is 16.8 Å². The van der Waals surface area contributed by atoms with E-state index in [1.165, 1.54) is 6.08 Å². The zero-order valence-corrected chi connectivity index (χ0v) is 15.3. The monoisotopic (exact) mass is 366 g/mol. The molecule has 0 bridgehead atoms. The zero-order valence-electron chi connectivity index (χ0n) is 15.3. The van der Waals surface area contributed by atoms with Gasteiger partial charge < -0.3 is 9.64 Å². The molecule has 4 heterocycles. The van der Waals surface area contributed by atoms with Crippen LogP contribution in [-0.4, -0.2) is 54.4 Å². The van der Waals surface area contributed by atoms with E-state index in [1.807, 2.05) is 30.4 Å². The van der Waals surface area contributed by atoms with Crippen molar-refractivity contribution in [2.24, 2.45) is 7.05 Å². The molecule has 0 saturated carbocycles. The number of carbonyl (C=O) groups is 1. The van der Waals surface area contributed by atoms with E-state index in [9.17, 15) is 4.79 Å². The Labute approximate surface area is 157 Å². The number of amides is 1. The molecule has 0 radical (unpaired) electrons. The van der Waals surface area contributed by atoms with Gasteiger partial charge in [-0.1, -0.05) is 6.58 Å². The fourth-order valence-corrected chi connectivity index (χ4v) is 3.37. The molecule has 1 aliphatic rings. The average molecular weight is 366 g/mol. The van der Waals surface area contributed by atoms with Gasteiger partial charge in [-0.05, 0) is 25.0 Å². The molecule has 8 heteroatoms. The minimum atomic E-state index is -0.0227. The molecule has 1 atom stereocenters. The van der Waals surface area contributed by atoms with Gasteiger partial charge in [0.1, 0.15) is 11.6 Å². The number of likely N-dealkylation sites (tertiary alicyclic amines) is 1. The molecule has 3 aromatic heterocycles. The van der Waals surface area contributed by atoms with Crippen LogP contribution in [0, 0.1) is 0 Å². The average Bonchev–Trinajstić information content (AvgIpc) is 3.26. The van der Waals surface area contributed by atoms with E-state index in [-0.39, 0.29) is 12.0 Å². The standard InChI is InChI=1S/C19H22N6O2/c1-3-18(26)24-9-4-5-15(7-10-24)27-19-17-6-8-20-25(17)13-16(22-19)14-11-21-23(2)12-14/h3,6,8,11-13,15H,1,4-5,7,9-10H2,2H3. The third-order valence-electron chi connectivity index (χ3n) is 4.80. The summed E-state index contributed by atoms with van der Waals surface area (Å²) in [6.07, 6.45) is 11.2. The topological polar surface area (TPSA) is 77.6 Å². The first-order valence-corrected chi connectivity index (χ1v) is 9.05. The fraction of sp³-hybridized carbons (Fsp3) is 0.368. The molecular formula is C19H22N6O2. The van der Waals surface area contributed by atoms with Crippen LogP contribution < -0.4 is 4.74 Å². The first-order valence-electron chi connectivity index (χ1n) is 9.05. The summed E-state index contributed by atoms with van der Waals surface area (Å²) in [7, 11) is 1.87. The lowest BCUT2D eigenvalue weighted by Gasteiger charge is -2.19. The van der Waals surface area contributed by atoms with Crippen LogP contribution >= 0.6 is 0 Å². The molecule has 8 nitrogen and oxygen atoms in total. The van der Waals surface area contributed by atoms with Gasteiger partial charge in [-0.15, -0.1) is 0 Å². The number of aryl methyl sites for hydroxylation is 1.